The molecule has 0 fully saturated rings. The zero-order chi connectivity index (χ0) is 15.8. The van der Waals surface area contributed by atoms with Gasteiger partial charge in [-0.3, -0.25) is 0 Å². The lowest BCUT2D eigenvalue weighted by Crippen LogP contribution is -2.03. The number of hydrogen-bond acceptors (Lipinski definition) is 4. The van der Waals surface area contributed by atoms with Crippen LogP contribution in [0.2, 0.25) is 0 Å². The van der Waals surface area contributed by atoms with Crippen LogP contribution in [-0.4, -0.2) is 23.3 Å². The molecule has 0 aliphatic carbocycles. The molecule has 0 saturated heterocycles. The van der Waals surface area contributed by atoms with Crippen LogP contribution in [-0.2, 0) is 13.1 Å². The van der Waals surface area contributed by atoms with Gasteiger partial charge in [0, 0.05) is 20.2 Å². The SMILES string of the molecule is CO.NCc1ccc(-c2cc(CN)ccc2C(=O)O)cc1. The molecule has 0 amide bonds. The summed E-state index contributed by atoms with van der Waals surface area (Å²) in [7, 11) is 1.00. The Bertz CT molecular complexity index is 595. The summed E-state index contributed by atoms with van der Waals surface area (Å²) in [5.74, 6) is -0.943. The zero-order valence-electron chi connectivity index (χ0n) is 11.9. The molecule has 0 unspecified atom stereocenters. The van der Waals surface area contributed by atoms with Crippen molar-refractivity contribution in [3.05, 3.63) is 59.2 Å². The monoisotopic (exact) mass is 288 g/mol. The summed E-state index contributed by atoms with van der Waals surface area (Å²) in [6.45, 7) is 0.850. The zero-order valence-corrected chi connectivity index (χ0v) is 11.9. The van der Waals surface area contributed by atoms with Gasteiger partial charge >= 0.3 is 5.97 Å². The normalized spacial score (nSPS) is 9.71. The lowest BCUT2D eigenvalue weighted by atomic mass is 9.96. The van der Waals surface area contributed by atoms with Crippen molar-refractivity contribution in [3.63, 3.8) is 0 Å². The van der Waals surface area contributed by atoms with Crippen LogP contribution >= 0.6 is 0 Å². The summed E-state index contributed by atoms with van der Waals surface area (Å²) < 4.78 is 0. The fraction of sp³-hybridized carbons (Fsp3) is 0.188. The van der Waals surface area contributed by atoms with Crippen molar-refractivity contribution < 1.29 is 15.0 Å². The Kier molecular flexibility index (Phi) is 6.55. The second-order valence-corrected chi connectivity index (χ2v) is 4.29. The van der Waals surface area contributed by atoms with E-state index in [1.54, 1.807) is 12.1 Å². The van der Waals surface area contributed by atoms with Crippen molar-refractivity contribution in [3.8, 4) is 11.1 Å². The molecule has 0 bridgehead atoms. The van der Waals surface area contributed by atoms with Gasteiger partial charge in [0.2, 0.25) is 0 Å². The lowest BCUT2D eigenvalue weighted by Gasteiger charge is -2.09. The van der Waals surface area contributed by atoms with E-state index in [2.05, 4.69) is 0 Å². The van der Waals surface area contributed by atoms with Crippen LogP contribution in [0.5, 0.6) is 0 Å². The molecule has 2 aromatic carbocycles. The van der Waals surface area contributed by atoms with Crippen molar-refractivity contribution in [2.75, 3.05) is 7.11 Å². The highest BCUT2D eigenvalue weighted by Crippen LogP contribution is 2.25. The first-order chi connectivity index (χ1) is 10.2. The second-order valence-electron chi connectivity index (χ2n) is 4.29. The number of benzene rings is 2. The lowest BCUT2D eigenvalue weighted by molar-refractivity contribution is 0.0697. The predicted octanol–water partition coefficient (Wildman–Crippen LogP) is 1.58. The summed E-state index contributed by atoms with van der Waals surface area (Å²) in [6.07, 6.45) is 0. The maximum absolute atomic E-state index is 11.3. The molecule has 2 aromatic rings. The minimum absolute atomic E-state index is 0.276. The van der Waals surface area contributed by atoms with Crippen LogP contribution in [0.15, 0.2) is 42.5 Å². The highest BCUT2D eigenvalue weighted by Gasteiger charge is 2.12. The number of carboxylic acids is 1. The summed E-state index contributed by atoms with van der Waals surface area (Å²) >= 11 is 0. The van der Waals surface area contributed by atoms with Gasteiger partial charge in [0.25, 0.3) is 0 Å². The molecule has 0 aromatic heterocycles. The van der Waals surface area contributed by atoms with Gasteiger partial charge in [-0.25, -0.2) is 4.79 Å². The highest BCUT2D eigenvalue weighted by molar-refractivity contribution is 5.96. The van der Waals surface area contributed by atoms with E-state index in [1.807, 2.05) is 30.3 Å². The van der Waals surface area contributed by atoms with Gasteiger partial charge in [0.1, 0.15) is 0 Å². The fourth-order valence-electron chi connectivity index (χ4n) is 1.96. The summed E-state index contributed by atoms with van der Waals surface area (Å²) in [5.41, 5.74) is 14.9. The van der Waals surface area contributed by atoms with Crippen LogP contribution in [0.4, 0.5) is 0 Å². The van der Waals surface area contributed by atoms with E-state index in [1.165, 1.54) is 0 Å². The Morgan fingerprint density at radius 1 is 0.952 bits per heavy atom. The molecule has 5 heteroatoms. The van der Waals surface area contributed by atoms with Gasteiger partial charge < -0.3 is 21.7 Å². The highest BCUT2D eigenvalue weighted by atomic mass is 16.4. The second kappa shape index (κ2) is 8.16. The van der Waals surface area contributed by atoms with Crippen molar-refractivity contribution in [2.24, 2.45) is 11.5 Å². The predicted molar refractivity (Wildman–Crippen MR) is 82.8 cm³/mol. The minimum atomic E-state index is -0.943. The number of carbonyl (C=O) groups is 1. The first-order valence-corrected chi connectivity index (χ1v) is 6.46. The number of aromatic carboxylic acids is 1. The van der Waals surface area contributed by atoms with Gasteiger partial charge in [-0.1, -0.05) is 30.3 Å². The van der Waals surface area contributed by atoms with Crippen LogP contribution in [0.3, 0.4) is 0 Å². The third-order valence-corrected chi connectivity index (χ3v) is 3.05. The number of hydrogen-bond donors (Lipinski definition) is 4. The molecule has 0 spiro atoms. The molecule has 2 rings (SSSR count). The van der Waals surface area contributed by atoms with Crippen molar-refractivity contribution in [1.29, 1.82) is 0 Å². The van der Waals surface area contributed by atoms with E-state index in [-0.39, 0.29) is 5.56 Å². The molecule has 0 radical (unpaired) electrons. The first-order valence-electron chi connectivity index (χ1n) is 6.46. The summed E-state index contributed by atoms with van der Waals surface area (Å²) in [4.78, 5) is 11.3. The van der Waals surface area contributed by atoms with E-state index in [0.717, 1.165) is 23.8 Å². The smallest absolute Gasteiger partial charge is 0.336 e. The van der Waals surface area contributed by atoms with Gasteiger partial charge in [-0.2, -0.15) is 0 Å². The van der Waals surface area contributed by atoms with E-state index < -0.39 is 5.97 Å². The Hall–Kier alpha value is -2.21. The fourth-order valence-corrected chi connectivity index (χ4v) is 1.96. The average Bonchev–Trinajstić information content (AvgIpc) is 2.56. The maximum atomic E-state index is 11.3. The molecule has 0 aliphatic rings. The minimum Gasteiger partial charge on any atom is -0.478 e. The van der Waals surface area contributed by atoms with Gasteiger partial charge in [-0.05, 0) is 34.4 Å². The van der Waals surface area contributed by atoms with Crippen LogP contribution in [0.1, 0.15) is 21.5 Å². The topological polar surface area (TPSA) is 110 Å². The number of aliphatic hydroxyl groups excluding tert-OH is 1. The molecule has 0 saturated carbocycles. The van der Waals surface area contributed by atoms with E-state index >= 15 is 0 Å². The Morgan fingerprint density at radius 3 is 1.95 bits per heavy atom. The Balaban J connectivity index is 0.00000106. The van der Waals surface area contributed by atoms with Gasteiger partial charge in [-0.15, -0.1) is 0 Å². The molecule has 0 atom stereocenters. The van der Waals surface area contributed by atoms with Crippen molar-refractivity contribution in [1.82, 2.24) is 0 Å². The third-order valence-electron chi connectivity index (χ3n) is 3.05. The molecular formula is C16H20N2O3. The largest absolute Gasteiger partial charge is 0.478 e. The number of nitrogens with two attached hydrogens (primary N) is 2. The van der Waals surface area contributed by atoms with E-state index in [4.69, 9.17) is 16.6 Å². The third kappa shape index (κ3) is 4.13. The van der Waals surface area contributed by atoms with Crippen LogP contribution in [0.25, 0.3) is 11.1 Å². The molecule has 6 N–H and O–H groups in total. The maximum Gasteiger partial charge on any atom is 0.336 e. The van der Waals surface area contributed by atoms with Crippen molar-refractivity contribution >= 4 is 5.97 Å². The first kappa shape index (κ1) is 16.8. The number of rotatable bonds is 4. The average molecular weight is 288 g/mol. The molecule has 0 aliphatic heterocycles. The van der Waals surface area contributed by atoms with Gasteiger partial charge in [0.05, 0.1) is 5.56 Å². The number of aliphatic hydroxyl groups is 1. The number of carboxylic acid groups (broad SMARTS) is 1. The Morgan fingerprint density at radius 2 is 1.48 bits per heavy atom. The molecule has 5 nitrogen and oxygen atoms in total. The Labute approximate surface area is 123 Å². The molecular weight excluding hydrogens is 268 g/mol. The van der Waals surface area contributed by atoms with E-state index in [9.17, 15) is 9.90 Å². The summed E-state index contributed by atoms with van der Waals surface area (Å²) in [6, 6.07) is 12.7. The van der Waals surface area contributed by atoms with Crippen LogP contribution < -0.4 is 11.5 Å². The quantitative estimate of drug-likeness (QED) is 0.683. The molecule has 21 heavy (non-hydrogen) atoms. The standard InChI is InChI=1S/C15H16N2O2.CH4O/c16-8-10-1-4-12(5-2-10)14-7-11(9-17)3-6-13(14)15(18)19;1-2/h1-7H,8-9,16-17H2,(H,18,19);2H,1H3. The van der Waals surface area contributed by atoms with Crippen LogP contribution in [0, 0.1) is 0 Å². The molecule has 0 heterocycles. The summed E-state index contributed by atoms with van der Waals surface area (Å²) in [5, 5.41) is 16.2. The van der Waals surface area contributed by atoms with Gasteiger partial charge in [0.15, 0.2) is 0 Å². The van der Waals surface area contributed by atoms with E-state index in [0.29, 0.717) is 18.7 Å². The van der Waals surface area contributed by atoms with Crippen molar-refractivity contribution in [2.45, 2.75) is 13.1 Å². The molecule has 112 valence electrons.